The normalized spacial score (nSPS) is 13.7. The number of rotatable bonds is 6. The van der Waals surface area contributed by atoms with Gasteiger partial charge in [-0.05, 0) is 23.9 Å². The lowest BCUT2D eigenvalue weighted by Gasteiger charge is -2.14. The van der Waals surface area contributed by atoms with E-state index in [4.69, 9.17) is 11.8 Å². The molecule has 0 radical (unpaired) electrons. The summed E-state index contributed by atoms with van der Waals surface area (Å²) >= 11 is 5.25. The molecule has 2 rings (SSSR count). The van der Waals surface area contributed by atoms with Crippen molar-refractivity contribution in [1.29, 1.82) is 0 Å². The number of imide groups is 1. The van der Waals surface area contributed by atoms with Gasteiger partial charge in [0.05, 0.1) is 5.56 Å². The van der Waals surface area contributed by atoms with Crippen molar-refractivity contribution in [1.82, 2.24) is 20.1 Å². The molecule has 0 aliphatic carbocycles. The molecule has 1 aromatic heterocycles. The highest BCUT2D eigenvalue weighted by atomic mass is 35.5. The van der Waals surface area contributed by atoms with Gasteiger partial charge in [-0.15, -0.1) is 4.94 Å². The Hall–Kier alpha value is -2.45. The first-order valence-corrected chi connectivity index (χ1v) is 6.39. The third kappa shape index (κ3) is 3.77. The topological polar surface area (TPSA) is 103 Å². The lowest BCUT2D eigenvalue weighted by atomic mass is 10.2. The van der Waals surface area contributed by atoms with Crippen molar-refractivity contribution in [3.63, 3.8) is 0 Å². The van der Waals surface area contributed by atoms with Crippen molar-refractivity contribution in [2.45, 2.75) is 0 Å². The number of nitrogens with zero attached hydrogens (tertiary/aromatic N) is 2. The molecule has 3 N–H and O–H groups in total. The van der Waals surface area contributed by atoms with Crippen molar-refractivity contribution in [2.24, 2.45) is 0 Å². The molecule has 1 aliphatic rings. The number of nitrogens with one attached hydrogen (secondary N) is 3. The molecule has 3 amide bonds. The average Bonchev–Trinajstić information content (AvgIpc) is 2.80. The molecule has 110 valence electrons. The summed E-state index contributed by atoms with van der Waals surface area (Å²) in [6.07, 6.45) is 3.77. The fraction of sp³-hybridized carbons (Fsp3) is 0.167. The van der Waals surface area contributed by atoms with Gasteiger partial charge < -0.3 is 5.32 Å². The average molecular weight is 310 g/mol. The van der Waals surface area contributed by atoms with Crippen LogP contribution in [0.25, 0.3) is 0 Å². The maximum Gasteiger partial charge on any atom is 0.253 e. The zero-order valence-corrected chi connectivity index (χ0v) is 11.6. The van der Waals surface area contributed by atoms with Gasteiger partial charge in [-0.3, -0.25) is 24.7 Å². The fourth-order valence-electron chi connectivity index (χ4n) is 1.69. The highest BCUT2D eigenvalue weighted by Gasteiger charge is 2.22. The maximum absolute atomic E-state index is 11.8. The van der Waals surface area contributed by atoms with Crippen LogP contribution in [0.4, 0.5) is 5.82 Å². The molecule has 0 aromatic carbocycles. The minimum absolute atomic E-state index is 0.125. The fourth-order valence-corrected chi connectivity index (χ4v) is 1.78. The monoisotopic (exact) mass is 309 g/mol. The van der Waals surface area contributed by atoms with Crippen molar-refractivity contribution < 1.29 is 14.4 Å². The van der Waals surface area contributed by atoms with E-state index in [1.165, 1.54) is 18.3 Å². The molecule has 9 heteroatoms. The molecular formula is C12H12ClN5O3. The van der Waals surface area contributed by atoms with Crippen LogP contribution < -0.4 is 15.7 Å². The number of hydrogen-bond donors (Lipinski definition) is 3. The molecule has 0 atom stereocenters. The summed E-state index contributed by atoms with van der Waals surface area (Å²) < 4.78 is 0. The molecule has 8 nitrogen and oxygen atoms in total. The quantitative estimate of drug-likeness (QED) is 0.382. The van der Waals surface area contributed by atoms with Crippen LogP contribution in [0.2, 0.25) is 0 Å². The number of amides is 3. The minimum Gasteiger partial charge on any atom is -0.350 e. The molecule has 2 heterocycles. The van der Waals surface area contributed by atoms with Gasteiger partial charge in [0, 0.05) is 31.4 Å². The largest absolute Gasteiger partial charge is 0.350 e. The predicted molar refractivity (Wildman–Crippen MR) is 75.0 cm³/mol. The highest BCUT2D eigenvalue weighted by molar-refractivity contribution is 6.14. The summed E-state index contributed by atoms with van der Waals surface area (Å²) in [5, 5.41) is 2.60. The number of hydrogen-bond acceptors (Lipinski definition) is 6. The maximum atomic E-state index is 11.8. The van der Waals surface area contributed by atoms with Crippen molar-refractivity contribution >= 4 is 35.3 Å². The minimum atomic E-state index is -0.375. The summed E-state index contributed by atoms with van der Waals surface area (Å²) in [5.41, 5.74) is 2.90. The molecule has 21 heavy (non-hydrogen) atoms. The van der Waals surface area contributed by atoms with Gasteiger partial charge >= 0.3 is 0 Å². The summed E-state index contributed by atoms with van der Waals surface area (Å²) in [6.45, 7) is 0.293. The number of halogens is 1. The Balaban J connectivity index is 1.82. The molecular weight excluding hydrogens is 298 g/mol. The smallest absolute Gasteiger partial charge is 0.253 e. The van der Waals surface area contributed by atoms with E-state index in [9.17, 15) is 14.4 Å². The lowest BCUT2D eigenvalue weighted by molar-refractivity contribution is -0.136. The van der Waals surface area contributed by atoms with Gasteiger partial charge in [-0.1, -0.05) is 0 Å². The Labute approximate surface area is 125 Å². The van der Waals surface area contributed by atoms with Gasteiger partial charge in [0.25, 0.3) is 17.7 Å². The molecule has 0 saturated carbocycles. The number of anilines is 1. The molecule has 1 aliphatic heterocycles. The van der Waals surface area contributed by atoms with Crippen LogP contribution in [0, 0.1) is 0 Å². The molecule has 0 unspecified atom stereocenters. The van der Waals surface area contributed by atoms with E-state index in [2.05, 4.69) is 20.7 Å². The first-order valence-electron chi connectivity index (χ1n) is 6.01. The van der Waals surface area contributed by atoms with E-state index in [1.807, 2.05) is 0 Å². The number of aromatic nitrogens is 1. The predicted octanol–water partition coefficient (Wildman–Crippen LogP) is -0.193. The Kier molecular flexibility index (Phi) is 4.85. The summed E-state index contributed by atoms with van der Waals surface area (Å²) in [4.78, 5) is 41.6. The van der Waals surface area contributed by atoms with Gasteiger partial charge in [0.1, 0.15) is 5.82 Å². The van der Waals surface area contributed by atoms with Gasteiger partial charge in [0.15, 0.2) is 0 Å². The van der Waals surface area contributed by atoms with Gasteiger partial charge in [0.2, 0.25) is 0 Å². The molecule has 1 aromatic rings. The second-order valence-corrected chi connectivity index (χ2v) is 4.26. The lowest BCUT2D eigenvalue weighted by Crippen LogP contribution is -2.38. The van der Waals surface area contributed by atoms with Crippen LogP contribution in [-0.4, -0.2) is 40.7 Å². The van der Waals surface area contributed by atoms with Crippen LogP contribution in [-0.2, 0) is 9.59 Å². The first-order chi connectivity index (χ1) is 10.1. The molecule has 0 fully saturated rings. The number of carbonyl (C=O) groups is 3. The molecule has 0 saturated heterocycles. The van der Waals surface area contributed by atoms with E-state index >= 15 is 0 Å². The summed E-state index contributed by atoms with van der Waals surface area (Å²) in [7, 11) is 0. The summed E-state index contributed by atoms with van der Waals surface area (Å²) in [6, 6.07) is 3.13. The van der Waals surface area contributed by atoms with E-state index in [0.29, 0.717) is 11.4 Å². The van der Waals surface area contributed by atoms with E-state index in [-0.39, 0.29) is 30.8 Å². The van der Waals surface area contributed by atoms with Crippen LogP contribution in [0.5, 0.6) is 0 Å². The second-order valence-electron chi connectivity index (χ2n) is 4.07. The Morgan fingerprint density at radius 2 is 1.95 bits per heavy atom. The van der Waals surface area contributed by atoms with E-state index < -0.39 is 0 Å². The van der Waals surface area contributed by atoms with Crippen LogP contribution >= 0.6 is 11.8 Å². The Bertz CT molecular complexity index is 569. The second kappa shape index (κ2) is 6.82. The third-order valence-corrected chi connectivity index (χ3v) is 2.82. The molecule has 0 bridgehead atoms. The van der Waals surface area contributed by atoms with Crippen LogP contribution in [0.1, 0.15) is 10.4 Å². The standard InChI is InChI=1S/C12H12ClN5O3/c13-17-16-9-2-1-8(7-15-9)12(21)14-5-6-18-10(19)3-4-11(18)20/h1-4,7,17H,5-6H2,(H,14,21)(H,15,16). The van der Waals surface area contributed by atoms with Crippen LogP contribution in [0.3, 0.4) is 0 Å². The molecule has 0 spiro atoms. The number of pyridine rings is 1. The SMILES string of the molecule is O=C(NCCN1C(=O)C=CC1=O)c1ccc(NNCl)nc1. The summed E-state index contributed by atoms with van der Waals surface area (Å²) in [5.74, 6) is -0.638. The van der Waals surface area contributed by atoms with Crippen molar-refractivity contribution in [3.8, 4) is 0 Å². The van der Waals surface area contributed by atoms with Crippen molar-refractivity contribution in [2.75, 3.05) is 18.5 Å². The Morgan fingerprint density at radius 1 is 1.24 bits per heavy atom. The van der Waals surface area contributed by atoms with Gasteiger partial charge in [-0.25, -0.2) is 4.98 Å². The third-order valence-electron chi connectivity index (χ3n) is 2.72. The van der Waals surface area contributed by atoms with Crippen molar-refractivity contribution in [3.05, 3.63) is 36.0 Å². The van der Waals surface area contributed by atoms with E-state index in [1.54, 1.807) is 12.1 Å². The zero-order valence-electron chi connectivity index (χ0n) is 10.8. The highest BCUT2D eigenvalue weighted by Crippen LogP contribution is 2.05. The van der Waals surface area contributed by atoms with Gasteiger partial charge in [-0.2, -0.15) is 0 Å². The zero-order chi connectivity index (χ0) is 15.2. The van der Waals surface area contributed by atoms with E-state index in [0.717, 1.165) is 4.90 Å². The first kappa shape index (κ1) is 14.9. The van der Waals surface area contributed by atoms with Crippen LogP contribution in [0.15, 0.2) is 30.5 Å². The number of carbonyl (C=O) groups excluding carboxylic acids is 3. The Morgan fingerprint density at radius 3 is 2.52 bits per heavy atom. The number of hydrazine groups is 1.